The van der Waals surface area contributed by atoms with E-state index >= 15 is 0 Å². The number of ether oxygens (including phenoxy) is 2. The lowest BCUT2D eigenvalue weighted by molar-refractivity contribution is -0.134. The standard InChI is InChI=1S/C27H32N2O5/c1-5-11-29-12-10-20(26(29)31)25(30)17-7-9-23-21(13-17)22(15-28-23)16(2)19-8-6-18(27(32)34-4)14-24(19)33-3/h6-9,13-16,20,25,28,30H,5,10-12H2,1-4H3. The maximum absolute atomic E-state index is 12.8. The first kappa shape index (κ1) is 23.8. The van der Waals surface area contributed by atoms with E-state index in [4.69, 9.17) is 9.47 Å². The highest BCUT2D eigenvalue weighted by Gasteiger charge is 2.37. The quantitative estimate of drug-likeness (QED) is 0.482. The van der Waals surface area contributed by atoms with E-state index in [2.05, 4.69) is 18.8 Å². The van der Waals surface area contributed by atoms with Crippen LogP contribution in [-0.4, -0.2) is 54.2 Å². The molecule has 2 aromatic carbocycles. The number of hydrogen-bond donors (Lipinski definition) is 2. The first-order valence-electron chi connectivity index (χ1n) is 11.7. The summed E-state index contributed by atoms with van der Waals surface area (Å²) in [5.41, 5.74) is 4.10. The van der Waals surface area contributed by atoms with Gasteiger partial charge in [0.15, 0.2) is 0 Å². The number of aromatic nitrogens is 1. The number of methoxy groups -OCH3 is 2. The number of nitrogens with one attached hydrogen (secondary N) is 1. The van der Waals surface area contributed by atoms with E-state index in [9.17, 15) is 14.7 Å². The van der Waals surface area contributed by atoms with Crippen molar-refractivity contribution in [2.75, 3.05) is 27.3 Å². The molecule has 2 N–H and O–H groups in total. The molecule has 34 heavy (non-hydrogen) atoms. The van der Waals surface area contributed by atoms with Gasteiger partial charge in [-0.3, -0.25) is 4.79 Å². The summed E-state index contributed by atoms with van der Waals surface area (Å²) < 4.78 is 10.4. The topological polar surface area (TPSA) is 91.9 Å². The molecule has 1 aliphatic heterocycles. The molecular weight excluding hydrogens is 432 g/mol. The van der Waals surface area contributed by atoms with Gasteiger partial charge in [0.1, 0.15) is 5.75 Å². The van der Waals surface area contributed by atoms with Gasteiger partial charge in [-0.15, -0.1) is 0 Å². The molecule has 1 saturated heterocycles. The van der Waals surface area contributed by atoms with Gasteiger partial charge >= 0.3 is 5.97 Å². The molecule has 7 nitrogen and oxygen atoms in total. The number of carbonyl (C=O) groups excluding carboxylic acids is 2. The molecule has 0 saturated carbocycles. The van der Waals surface area contributed by atoms with Crippen molar-refractivity contribution in [1.82, 2.24) is 9.88 Å². The van der Waals surface area contributed by atoms with Gasteiger partial charge in [0, 0.05) is 41.7 Å². The van der Waals surface area contributed by atoms with Crippen LogP contribution >= 0.6 is 0 Å². The van der Waals surface area contributed by atoms with Crippen LogP contribution in [0.5, 0.6) is 5.75 Å². The van der Waals surface area contributed by atoms with Gasteiger partial charge in [0.05, 0.1) is 31.8 Å². The number of benzene rings is 2. The van der Waals surface area contributed by atoms with E-state index in [-0.39, 0.29) is 11.8 Å². The molecule has 1 aromatic heterocycles. The number of amides is 1. The van der Waals surface area contributed by atoms with E-state index in [0.717, 1.165) is 40.6 Å². The molecule has 1 amide bonds. The summed E-state index contributed by atoms with van der Waals surface area (Å²) in [4.78, 5) is 29.8. The summed E-state index contributed by atoms with van der Waals surface area (Å²) in [6.45, 7) is 5.56. The summed E-state index contributed by atoms with van der Waals surface area (Å²) >= 11 is 0. The van der Waals surface area contributed by atoms with Gasteiger partial charge in [-0.25, -0.2) is 4.79 Å². The molecule has 2 heterocycles. The molecule has 7 heteroatoms. The summed E-state index contributed by atoms with van der Waals surface area (Å²) in [5, 5.41) is 12.1. The zero-order valence-corrected chi connectivity index (χ0v) is 20.1. The number of H-pyrrole nitrogens is 1. The molecule has 1 fully saturated rings. The number of likely N-dealkylation sites (tertiary alicyclic amines) is 1. The van der Waals surface area contributed by atoms with Crippen LogP contribution in [0, 0.1) is 5.92 Å². The molecule has 4 rings (SSSR count). The normalized spacial score (nSPS) is 17.7. The number of hydrogen-bond acceptors (Lipinski definition) is 5. The molecule has 180 valence electrons. The number of aromatic amines is 1. The van der Waals surface area contributed by atoms with Crippen molar-refractivity contribution in [1.29, 1.82) is 0 Å². The lowest BCUT2D eigenvalue weighted by Gasteiger charge is -2.20. The Labute approximate surface area is 199 Å². The Balaban J connectivity index is 1.66. The monoisotopic (exact) mass is 464 g/mol. The lowest BCUT2D eigenvalue weighted by atomic mass is 9.89. The van der Waals surface area contributed by atoms with Crippen LogP contribution in [-0.2, 0) is 9.53 Å². The molecule has 0 aliphatic carbocycles. The third kappa shape index (κ3) is 4.28. The molecule has 0 bridgehead atoms. The molecule has 3 atom stereocenters. The van der Waals surface area contributed by atoms with Crippen LogP contribution in [0.1, 0.15) is 65.8 Å². The number of esters is 1. The lowest BCUT2D eigenvalue weighted by Crippen LogP contribution is -2.30. The fourth-order valence-electron chi connectivity index (χ4n) is 4.96. The van der Waals surface area contributed by atoms with Crippen molar-refractivity contribution in [2.24, 2.45) is 5.92 Å². The minimum atomic E-state index is -0.842. The fraction of sp³-hybridized carbons (Fsp3) is 0.407. The molecule has 3 aromatic rings. The number of fused-ring (bicyclic) bond motifs is 1. The van der Waals surface area contributed by atoms with Crippen LogP contribution in [0.3, 0.4) is 0 Å². The number of rotatable bonds is 8. The molecule has 0 spiro atoms. The van der Waals surface area contributed by atoms with E-state index in [1.165, 1.54) is 7.11 Å². The molecule has 1 aliphatic rings. The zero-order valence-electron chi connectivity index (χ0n) is 20.1. The first-order valence-corrected chi connectivity index (χ1v) is 11.7. The highest BCUT2D eigenvalue weighted by molar-refractivity contribution is 5.90. The third-order valence-electron chi connectivity index (χ3n) is 6.88. The largest absolute Gasteiger partial charge is 0.496 e. The van der Waals surface area contributed by atoms with E-state index in [0.29, 0.717) is 24.3 Å². The highest BCUT2D eigenvalue weighted by atomic mass is 16.5. The van der Waals surface area contributed by atoms with Crippen LogP contribution in [0.25, 0.3) is 10.9 Å². The van der Waals surface area contributed by atoms with Gasteiger partial charge in [-0.05, 0) is 48.2 Å². The van der Waals surface area contributed by atoms with Gasteiger partial charge < -0.3 is 24.5 Å². The van der Waals surface area contributed by atoms with Crippen LogP contribution in [0.4, 0.5) is 0 Å². The minimum Gasteiger partial charge on any atom is -0.496 e. The van der Waals surface area contributed by atoms with Crippen LogP contribution < -0.4 is 4.74 Å². The van der Waals surface area contributed by atoms with E-state index in [1.54, 1.807) is 19.2 Å². The van der Waals surface area contributed by atoms with Crippen molar-refractivity contribution < 1.29 is 24.2 Å². The number of aliphatic hydroxyl groups excluding tert-OH is 1. The van der Waals surface area contributed by atoms with Crippen LogP contribution in [0.2, 0.25) is 0 Å². The van der Waals surface area contributed by atoms with Gasteiger partial charge in [-0.1, -0.05) is 26.0 Å². The van der Waals surface area contributed by atoms with Crippen molar-refractivity contribution in [3.63, 3.8) is 0 Å². The second-order valence-corrected chi connectivity index (χ2v) is 8.88. The smallest absolute Gasteiger partial charge is 0.337 e. The second-order valence-electron chi connectivity index (χ2n) is 8.88. The average molecular weight is 465 g/mol. The van der Waals surface area contributed by atoms with Crippen LogP contribution in [0.15, 0.2) is 42.6 Å². The molecular formula is C27H32N2O5. The first-order chi connectivity index (χ1) is 16.4. The van der Waals surface area contributed by atoms with Crippen molar-refractivity contribution in [3.8, 4) is 5.75 Å². The van der Waals surface area contributed by atoms with E-state index in [1.807, 2.05) is 35.4 Å². The summed E-state index contributed by atoms with van der Waals surface area (Å²) in [6.07, 6.45) is 2.70. The van der Waals surface area contributed by atoms with Crippen molar-refractivity contribution in [2.45, 2.75) is 38.7 Å². The molecule has 3 unspecified atom stereocenters. The van der Waals surface area contributed by atoms with E-state index < -0.39 is 18.0 Å². The minimum absolute atomic E-state index is 0.0348. The van der Waals surface area contributed by atoms with Gasteiger partial charge in [-0.2, -0.15) is 0 Å². The van der Waals surface area contributed by atoms with Gasteiger partial charge in [0.25, 0.3) is 0 Å². The number of aliphatic hydroxyl groups is 1. The van der Waals surface area contributed by atoms with Crippen molar-refractivity contribution >= 4 is 22.8 Å². The molecule has 0 radical (unpaired) electrons. The Morgan fingerprint density at radius 2 is 2.00 bits per heavy atom. The Hall–Kier alpha value is -3.32. The zero-order chi connectivity index (χ0) is 24.4. The predicted molar refractivity (Wildman–Crippen MR) is 130 cm³/mol. The predicted octanol–water partition coefficient (Wildman–Crippen LogP) is 4.41. The number of nitrogens with zero attached hydrogens (tertiary/aromatic N) is 1. The van der Waals surface area contributed by atoms with Crippen molar-refractivity contribution in [3.05, 3.63) is 64.8 Å². The fourth-order valence-corrected chi connectivity index (χ4v) is 4.96. The second kappa shape index (κ2) is 9.89. The Kier molecular flexibility index (Phi) is 6.93. The average Bonchev–Trinajstić information content (AvgIpc) is 3.45. The summed E-state index contributed by atoms with van der Waals surface area (Å²) in [5.74, 6) is -0.228. The Bertz CT molecular complexity index is 1200. The maximum Gasteiger partial charge on any atom is 0.337 e. The Morgan fingerprint density at radius 3 is 2.71 bits per heavy atom. The number of carbonyl (C=O) groups is 2. The SMILES string of the molecule is CCCN1CCC(C(O)c2ccc3[nH]cc(C(C)c4ccc(C(=O)OC)cc4OC)c3c2)C1=O. The summed E-state index contributed by atoms with van der Waals surface area (Å²) in [6, 6.07) is 11.1. The summed E-state index contributed by atoms with van der Waals surface area (Å²) in [7, 11) is 2.93. The Morgan fingerprint density at radius 1 is 1.21 bits per heavy atom. The third-order valence-corrected chi connectivity index (χ3v) is 6.88. The highest BCUT2D eigenvalue weighted by Crippen LogP contribution is 2.38. The van der Waals surface area contributed by atoms with Gasteiger partial charge in [0.2, 0.25) is 5.91 Å². The maximum atomic E-state index is 12.8.